The zero-order chi connectivity index (χ0) is 22.2. The van der Waals surface area contributed by atoms with E-state index in [1.807, 2.05) is 24.3 Å². The van der Waals surface area contributed by atoms with Gasteiger partial charge in [0.15, 0.2) is 11.6 Å². The van der Waals surface area contributed by atoms with Gasteiger partial charge in [0, 0.05) is 24.8 Å². The molecule has 0 fully saturated rings. The summed E-state index contributed by atoms with van der Waals surface area (Å²) in [7, 11) is -3.88. The molecule has 9 heteroatoms. The van der Waals surface area contributed by atoms with E-state index >= 15 is 0 Å². The molecule has 0 saturated carbocycles. The molecule has 31 heavy (non-hydrogen) atoms. The molecule has 160 valence electrons. The van der Waals surface area contributed by atoms with Crippen molar-refractivity contribution in [3.8, 4) is 0 Å². The number of nitrogens with zero attached hydrogens (tertiary/aromatic N) is 1. The van der Waals surface area contributed by atoms with Gasteiger partial charge in [-0.05, 0) is 47.9 Å². The Balaban J connectivity index is 1.61. The average molecular weight is 463 g/mol. The summed E-state index contributed by atoms with van der Waals surface area (Å²) < 4.78 is 54.2. The molecule has 3 aromatic rings. The smallest absolute Gasteiger partial charge is 0.257 e. The molecule has 5 nitrogen and oxygen atoms in total. The Morgan fingerprint density at radius 3 is 2.45 bits per heavy atom. The summed E-state index contributed by atoms with van der Waals surface area (Å²) in [5.41, 5.74) is 1.96. The third-order valence-electron chi connectivity index (χ3n) is 5.09. The van der Waals surface area contributed by atoms with Crippen LogP contribution in [0.1, 0.15) is 21.5 Å². The molecule has 4 rings (SSSR count). The highest BCUT2D eigenvalue weighted by atomic mass is 35.5. The summed E-state index contributed by atoms with van der Waals surface area (Å²) in [6, 6.07) is 14.4. The third-order valence-corrected chi connectivity index (χ3v) is 7.26. The number of sulfonamides is 1. The number of nitrogens with one attached hydrogen (secondary N) is 1. The highest BCUT2D eigenvalue weighted by Crippen LogP contribution is 2.28. The van der Waals surface area contributed by atoms with Gasteiger partial charge in [0.1, 0.15) is 0 Å². The van der Waals surface area contributed by atoms with Gasteiger partial charge in [0.25, 0.3) is 5.91 Å². The van der Waals surface area contributed by atoms with Crippen LogP contribution in [0.5, 0.6) is 0 Å². The third kappa shape index (κ3) is 4.32. The van der Waals surface area contributed by atoms with E-state index in [1.165, 1.54) is 28.6 Å². The van der Waals surface area contributed by atoms with Crippen LogP contribution in [0.15, 0.2) is 65.6 Å². The van der Waals surface area contributed by atoms with Gasteiger partial charge in [-0.1, -0.05) is 35.9 Å². The van der Waals surface area contributed by atoms with Crippen LogP contribution in [0.3, 0.4) is 0 Å². The summed E-state index contributed by atoms with van der Waals surface area (Å²) in [6.07, 6.45) is 0.590. The number of hydrogen-bond acceptors (Lipinski definition) is 3. The fraction of sp³-hybridized carbons (Fsp3) is 0.136. The molecular weight excluding hydrogens is 446 g/mol. The van der Waals surface area contributed by atoms with Crippen LogP contribution in [0, 0.1) is 11.6 Å². The fourth-order valence-corrected chi connectivity index (χ4v) is 5.08. The van der Waals surface area contributed by atoms with Crippen LogP contribution >= 0.6 is 11.6 Å². The number of fused-ring (bicyclic) bond motifs is 1. The van der Waals surface area contributed by atoms with Crippen LogP contribution in [0.4, 0.5) is 14.5 Å². The second kappa shape index (κ2) is 8.37. The second-order valence-corrected chi connectivity index (χ2v) is 9.43. The van der Waals surface area contributed by atoms with Gasteiger partial charge in [-0.3, -0.25) is 4.79 Å². The number of hydrogen-bond donors (Lipinski definition) is 1. The Kier molecular flexibility index (Phi) is 5.79. The minimum atomic E-state index is -3.88. The molecule has 0 aliphatic carbocycles. The highest BCUT2D eigenvalue weighted by molar-refractivity contribution is 7.89. The number of carbonyl (C=O) groups excluding carboxylic acids is 1. The van der Waals surface area contributed by atoms with Crippen molar-refractivity contribution in [2.45, 2.75) is 17.9 Å². The first-order chi connectivity index (χ1) is 14.8. The quantitative estimate of drug-likeness (QED) is 0.615. The van der Waals surface area contributed by atoms with Crippen LogP contribution in [0.25, 0.3) is 0 Å². The predicted octanol–water partition coefficient (Wildman–Crippen LogP) is 4.62. The van der Waals surface area contributed by atoms with E-state index < -0.39 is 27.6 Å². The van der Waals surface area contributed by atoms with E-state index in [9.17, 15) is 22.0 Å². The molecule has 0 radical (unpaired) electrons. The lowest BCUT2D eigenvalue weighted by Crippen LogP contribution is -2.36. The van der Waals surface area contributed by atoms with Gasteiger partial charge in [0.2, 0.25) is 10.0 Å². The SMILES string of the molecule is O=C(Nc1ccc(F)c(F)c1)c1cc(S(=O)(=O)N2CCc3ccccc3C2)ccc1Cl. The lowest BCUT2D eigenvalue weighted by atomic mass is 10.0. The molecule has 1 N–H and O–H groups in total. The molecule has 1 aliphatic heterocycles. The Morgan fingerprint density at radius 2 is 1.71 bits per heavy atom. The molecule has 1 amide bonds. The lowest BCUT2D eigenvalue weighted by molar-refractivity contribution is 0.102. The topological polar surface area (TPSA) is 66.5 Å². The minimum Gasteiger partial charge on any atom is -0.322 e. The van der Waals surface area contributed by atoms with Gasteiger partial charge in [-0.25, -0.2) is 17.2 Å². The largest absolute Gasteiger partial charge is 0.322 e. The molecule has 1 aliphatic rings. The van der Waals surface area contributed by atoms with Crippen molar-refractivity contribution < 1.29 is 22.0 Å². The standard InChI is InChI=1S/C22H17ClF2N2O3S/c23-19-7-6-17(12-18(19)22(28)26-16-5-8-20(24)21(25)11-16)31(29,30)27-10-9-14-3-1-2-4-15(14)13-27/h1-8,11-12H,9-10,13H2,(H,26,28). The van der Waals surface area contributed by atoms with Gasteiger partial charge in [0.05, 0.1) is 15.5 Å². The number of halogens is 3. The van der Waals surface area contributed by atoms with Gasteiger partial charge < -0.3 is 5.32 Å². The molecular formula is C22H17ClF2N2O3S. The average Bonchev–Trinajstić information content (AvgIpc) is 2.76. The van der Waals surface area contributed by atoms with Crippen molar-refractivity contribution >= 4 is 33.2 Å². The Morgan fingerprint density at radius 1 is 0.968 bits per heavy atom. The maximum Gasteiger partial charge on any atom is 0.257 e. The maximum absolute atomic E-state index is 13.4. The molecule has 1 heterocycles. The summed E-state index contributed by atoms with van der Waals surface area (Å²) in [5.74, 6) is -2.91. The highest BCUT2D eigenvalue weighted by Gasteiger charge is 2.29. The summed E-state index contributed by atoms with van der Waals surface area (Å²) in [6.45, 7) is 0.551. The van der Waals surface area contributed by atoms with Gasteiger partial charge in [-0.2, -0.15) is 4.31 Å². The van der Waals surface area contributed by atoms with E-state index in [0.29, 0.717) is 13.0 Å². The van der Waals surface area contributed by atoms with Crippen LogP contribution in [-0.2, 0) is 23.0 Å². The van der Waals surface area contributed by atoms with Crippen molar-refractivity contribution in [3.63, 3.8) is 0 Å². The van der Waals surface area contributed by atoms with Crippen LogP contribution < -0.4 is 5.32 Å². The van der Waals surface area contributed by atoms with E-state index in [0.717, 1.165) is 23.3 Å². The molecule has 0 spiro atoms. The van der Waals surface area contributed by atoms with Crippen molar-refractivity contribution in [1.29, 1.82) is 0 Å². The minimum absolute atomic E-state index is 0.0147. The van der Waals surface area contributed by atoms with E-state index in [-0.39, 0.29) is 27.7 Å². The van der Waals surface area contributed by atoms with Gasteiger partial charge >= 0.3 is 0 Å². The first-order valence-electron chi connectivity index (χ1n) is 9.38. The van der Waals surface area contributed by atoms with E-state index in [4.69, 9.17) is 11.6 Å². The van der Waals surface area contributed by atoms with Crippen LogP contribution in [0.2, 0.25) is 5.02 Å². The first kappa shape index (κ1) is 21.4. The number of carbonyl (C=O) groups is 1. The fourth-order valence-electron chi connectivity index (χ4n) is 3.44. The lowest BCUT2D eigenvalue weighted by Gasteiger charge is -2.28. The first-order valence-corrected chi connectivity index (χ1v) is 11.2. The number of rotatable bonds is 4. The molecule has 0 aromatic heterocycles. The van der Waals surface area contributed by atoms with E-state index in [2.05, 4.69) is 5.32 Å². The van der Waals surface area contributed by atoms with Crippen molar-refractivity contribution in [2.75, 3.05) is 11.9 Å². The summed E-state index contributed by atoms with van der Waals surface area (Å²) >= 11 is 6.11. The molecule has 0 atom stereocenters. The molecule has 3 aromatic carbocycles. The van der Waals surface area contributed by atoms with Crippen molar-refractivity contribution in [1.82, 2.24) is 4.31 Å². The predicted molar refractivity (Wildman–Crippen MR) is 114 cm³/mol. The summed E-state index contributed by atoms with van der Waals surface area (Å²) in [4.78, 5) is 12.6. The molecule has 0 unspecified atom stereocenters. The number of benzene rings is 3. The Bertz CT molecular complexity index is 1280. The Labute approximate surface area is 183 Å². The Hall–Kier alpha value is -2.81. The zero-order valence-corrected chi connectivity index (χ0v) is 17.7. The molecule has 0 saturated heterocycles. The van der Waals surface area contributed by atoms with Crippen molar-refractivity contribution in [2.24, 2.45) is 0 Å². The zero-order valence-electron chi connectivity index (χ0n) is 16.1. The normalized spacial score (nSPS) is 14.2. The van der Waals surface area contributed by atoms with E-state index in [1.54, 1.807) is 0 Å². The number of amides is 1. The monoisotopic (exact) mass is 462 g/mol. The second-order valence-electron chi connectivity index (χ2n) is 7.08. The summed E-state index contributed by atoms with van der Waals surface area (Å²) in [5, 5.41) is 2.43. The maximum atomic E-state index is 13.4. The molecule has 0 bridgehead atoms. The van der Waals surface area contributed by atoms with Crippen LogP contribution in [-0.4, -0.2) is 25.2 Å². The number of anilines is 1. The van der Waals surface area contributed by atoms with Crippen molar-refractivity contribution in [3.05, 3.63) is 94.0 Å². The van der Waals surface area contributed by atoms with Gasteiger partial charge in [-0.15, -0.1) is 0 Å².